The Morgan fingerprint density at radius 1 is 1.41 bits per heavy atom. The van der Waals surface area contributed by atoms with Crippen molar-refractivity contribution in [2.45, 2.75) is 51.3 Å². The number of aliphatic hydroxyl groups is 2. The van der Waals surface area contributed by atoms with Crippen LogP contribution in [0, 0.1) is 5.41 Å². The average molecular weight is 248 g/mol. The highest BCUT2D eigenvalue weighted by atomic mass is 16.6. The normalized spacial score (nSPS) is 34.6. The Morgan fingerprint density at radius 2 is 2.06 bits per heavy atom. The summed E-state index contributed by atoms with van der Waals surface area (Å²) in [7, 11) is 3.18. The van der Waals surface area contributed by atoms with Crippen LogP contribution in [-0.4, -0.2) is 55.6 Å². The zero-order valence-electron chi connectivity index (χ0n) is 11.0. The van der Waals surface area contributed by atoms with Crippen LogP contribution in [-0.2, 0) is 14.2 Å². The van der Waals surface area contributed by atoms with E-state index in [0.717, 1.165) is 0 Å². The molecule has 0 amide bonds. The van der Waals surface area contributed by atoms with Crippen molar-refractivity contribution in [2.24, 2.45) is 5.41 Å². The van der Waals surface area contributed by atoms with Crippen LogP contribution in [0.4, 0.5) is 0 Å². The van der Waals surface area contributed by atoms with E-state index in [1.807, 2.05) is 13.8 Å². The molecule has 5 heteroatoms. The van der Waals surface area contributed by atoms with Crippen molar-refractivity contribution in [2.75, 3.05) is 20.8 Å². The van der Waals surface area contributed by atoms with E-state index >= 15 is 0 Å². The van der Waals surface area contributed by atoms with Crippen LogP contribution in [0.2, 0.25) is 0 Å². The second-order valence-corrected chi connectivity index (χ2v) is 5.21. The molecule has 1 saturated heterocycles. The van der Waals surface area contributed by atoms with E-state index in [2.05, 4.69) is 0 Å². The maximum Gasteiger partial charge on any atom is 0.157 e. The zero-order chi connectivity index (χ0) is 13.1. The second-order valence-electron chi connectivity index (χ2n) is 5.21. The van der Waals surface area contributed by atoms with Crippen molar-refractivity contribution in [3.8, 4) is 0 Å². The number of ether oxygens (including phenoxy) is 3. The van der Waals surface area contributed by atoms with Gasteiger partial charge in [-0.2, -0.15) is 0 Å². The Balaban J connectivity index is 2.67. The maximum absolute atomic E-state index is 9.75. The molecule has 0 bridgehead atoms. The first kappa shape index (κ1) is 14.9. The van der Waals surface area contributed by atoms with Crippen LogP contribution in [0.15, 0.2) is 0 Å². The van der Waals surface area contributed by atoms with E-state index in [1.165, 1.54) is 0 Å². The molecule has 0 unspecified atom stereocenters. The molecule has 4 atom stereocenters. The zero-order valence-corrected chi connectivity index (χ0v) is 11.0. The molecule has 5 nitrogen and oxygen atoms in total. The summed E-state index contributed by atoms with van der Waals surface area (Å²) in [6.07, 6.45) is -0.856. The number of methoxy groups -OCH3 is 2. The maximum atomic E-state index is 9.75. The molecule has 2 N–H and O–H groups in total. The van der Waals surface area contributed by atoms with Gasteiger partial charge in [0.1, 0.15) is 0 Å². The van der Waals surface area contributed by atoms with Crippen LogP contribution in [0.3, 0.4) is 0 Å². The van der Waals surface area contributed by atoms with Gasteiger partial charge in [0.25, 0.3) is 0 Å². The molecule has 1 aliphatic rings. The lowest BCUT2D eigenvalue weighted by atomic mass is 9.75. The SMILES string of the molecule is COC[C@@H](O)C[C@H]1O[C@H](O)C[C@@H](OC)C1(C)C. The molecule has 0 saturated carbocycles. The monoisotopic (exact) mass is 248 g/mol. The minimum atomic E-state index is -0.826. The molecule has 1 rings (SSSR count). The van der Waals surface area contributed by atoms with Gasteiger partial charge < -0.3 is 24.4 Å². The predicted octanol–water partition coefficient (Wildman–Crippen LogP) is 0.532. The highest BCUT2D eigenvalue weighted by Gasteiger charge is 2.45. The number of rotatable bonds is 5. The van der Waals surface area contributed by atoms with Crippen LogP contribution in [0.1, 0.15) is 26.7 Å². The van der Waals surface area contributed by atoms with E-state index in [0.29, 0.717) is 12.8 Å². The molecule has 1 aliphatic heterocycles. The van der Waals surface area contributed by atoms with Gasteiger partial charge in [-0.05, 0) is 0 Å². The summed E-state index contributed by atoms with van der Waals surface area (Å²) in [6, 6.07) is 0. The first-order valence-electron chi connectivity index (χ1n) is 5.95. The molecule has 102 valence electrons. The lowest BCUT2D eigenvalue weighted by molar-refractivity contribution is -0.250. The average Bonchev–Trinajstić information content (AvgIpc) is 2.23. The molecule has 0 aromatic rings. The Hall–Kier alpha value is -0.200. The minimum Gasteiger partial charge on any atom is -0.391 e. The van der Waals surface area contributed by atoms with Gasteiger partial charge in [-0.3, -0.25) is 0 Å². The Labute approximate surface area is 103 Å². The summed E-state index contributed by atoms with van der Waals surface area (Å²) >= 11 is 0. The van der Waals surface area contributed by atoms with Gasteiger partial charge in [0.15, 0.2) is 6.29 Å². The van der Waals surface area contributed by atoms with Gasteiger partial charge in [0, 0.05) is 32.5 Å². The smallest absolute Gasteiger partial charge is 0.157 e. The quantitative estimate of drug-likeness (QED) is 0.743. The third-order valence-electron chi connectivity index (χ3n) is 3.53. The standard InChI is InChI=1S/C12H24O5/c1-12(2)9(16-4)6-11(14)17-10(12)5-8(13)7-15-3/h8-11,13-14H,5-7H2,1-4H3/t8-,9+,10+,11-/m0/s1. The van der Waals surface area contributed by atoms with Crippen molar-refractivity contribution >= 4 is 0 Å². The van der Waals surface area contributed by atoms with Crippen LogP contribution < -0.4 is 0 Å². The fourth-order valence-electron chi connectivity index (χ4n) is 2.38. The van der Waals surface area contributed by atoms with Crippen LogP contribution in [0.5, 0.6) is 0 Å². The van der Waals surface area contributed by atoms with Gasteiger partial charge in [-0.25, -0.2) is 0 Å². The number of hydrogen-bond acceptors (Lipinski definition) is 5. The Morgan fingerprint density at radius 3 is 2.59 bits per heavy atom. The molecule has 1 heterocycles. The third-order valence-corrected chi connectivity index (χ3v) is 3.53. The Kier molecular flexibility index (Phi) is 5.34. The third kappa shape index (κ3) is 3.63. The predicted molar refractivity (Wildman–Crippen MR) is 62.6 cm³/mol. The number of aliphatic hydroxyl groups excluding tert-OH is 2. The van der Waals surface area contributed by atoms with Crippen molar-refractivity contribution < 1.29 is 24.4 Å². The van der Waals surface area contributed by atoms with E-state index in [-0.39, 0.29) is 24.2 Å². The summed E-state index contributed by atoms with van der Waals surface area (Å²) in [6.45, 7) is 4.32. The van der Waals surface area contributed by atoms with Gasteiger partial charge in [0.05, 0.1) is 24.9 Å². The topological polar surface area (TPSA) is 68.2 Å². The van der Waals surface area contributed by atoms with Crippen LogP contribution >= 0.6 is 0 Å². The molecule has 0 aromatic heterocycles. The van der Waals surface area contributed by atoms with Crippen LogP contribution in [0.25, 0.3) is 0 Å². The summed E-state index contributed by atoms with van der Waals surface area (Å²) in [4.78, 5) is 0. The molecule has 0 aromatic carbocycles. The van der Waals surface area contributed by atoms with Gasteiger partial charge in [0.2, 0.25) is 0 Å². The Bertz CT molecular complexity index is 231. The van der Waals surface area contributed by atoms with E-state index in [4.69, 9.17) is 14.2 Å². The lowest BCUT2D eigenvalue weighted by Gasteiger charge is -2.46. The second kappa shape index (κ2) is 6.11. The van der Waals surface area contributed by atoms with Crippen molar-refractivity contribution in [1.29, 1.82) is 0 Å². The molecule has 1 fully saturated rings. The summed E-state index contributed by atoms with van der Waals surface area (Å²) < 4.78 is 15.8. The summed E-state index contributed by atoms with van der Waals surface area (Å²) in [5, 5.41) is 19.4. The lowest BCUT2D eigenvalue weighted by Crippen LogP contribution is -2.52. The molecule has 0 radical (unpaired) electrons. The molecule has 17 heavy (non-hydrogen) atoms. The van der Waals surface area contributed by atoms with Gasteiger partial charge in [-0.1, -0.05) is 13.8 Å². The van der Waals surface area contributed by atoms with Crippen molar-refractivity contribution in [3.63, 3.8) is 0 Å². The highest BCUT2D eigenvalue weighted by Crippen LogP contribution is 2.39. The van der Waals surface area contributed by atoms with E-state index < -0.39 is 12.4 Å². The fourth-order valence-corrected chi connectivity index (χ4v) is 2.38. The number of hydrogen-bond donors (Lipinski definition) is 2. The first-order valence-corrected chi connectivity index (χ1v) is 5.95. The minimum absolute atomic E-state index is 0.0778. The largest absolute Gasteiger partial charge is 0.391 e. The first-order chi connectivity index (χ1) is 7.91. The molecule has 0 aliphatic carbocycles. The van der Waals surface area contributed by atoms with Crippen molar-refractivity contribution in [3.05, 3.63) is 0 Å². The summed E-state index contributed by atoms with van der Waals surface area (Å²) in [5.41, 5.74) is -0.247. The van der Waals surface area contributed by atoms with Gasteiger partial charge >= 0.3 is 0 Å². The fraction of sp³-hybridized carbons (Fsp3) is 1.00. The van der Waals surface area contributed by atoms with Gasteiger partial charge in [-0.15, -0.1) is 0 Å². The molecule has 0 spiro atoms. The summed E-state index contributed by atoms with van der Waals surface area (Å²) in [5.74, 6) is 0. The van der Waals surface area contributed by atoms with E-state index in [9.17, 15) is 10.2 Å². The van der Waals surface area contributed by atoms with Crippen molar-refractivity contribution in [1.82, 2.24) is 0 Å². The highest BCUT2D eigenvalue weighted by molar-refractivity contribution is 4.92. The van der Waals surface area contributed by atoms with E-state index in [1.54, 1.807) is 14.2 Å². The molecular weight excluding hydrogens is 224 g/mol. The molecular formula is C12H24O5.